The van der Waals surface area contributed by atoms with Gasteiger partial charge in [-0.05, 0) is 37.7 Å². The van der Waals surface area contributed by atoms with E-state index in [1.54, 1.807) is 0 Å². The molecule has 2 unspecified atom stereocenters. The average Bonchev–Trinajstić information content (AvgIpc) is 3.02. The number of carbonyl (C=O) groups excluding carboxylic acids is 1. The predicted octanol–water partition coefficient (Wildman–Crippen LogP) is 3.50. The second kappa shape index (κ2) is 10.7. The molecule has 3 aliphatic rings. The SMILES string of the molecule is CNN1CC(C)CC(c2ccccc2)N/C1=C(/C)C(=O)N1CCN(C2CCCCC2)CC1. The first-order valence-electron chi connectivity index (χ1n) is 12.6. The zero-order chi connectivity index (χ0) is 22.5. The lowest BCUT2D eigenvalue weighted by Crippen LogP contribution is -2.53. The van der Waals surface area contributed by atoms with Crippen LogP contribution in [0.2, 0.25) is 0 Å². The van der Waals surface area contributed by atoms with Gasteiger partial charge >= 0.3 is 0 Å². The molecular formula is C26H41N5O. The van der Waals surface area contributed by atoms with Gasteiger partial charge in [-0.25, -0.2) is 5.43 Å². The highest BCUT2D eigenvalue weighted by Crippen LogP contribution is 2.29. The van der Waals surface area contributed by atoms with Crippen molar-refractivity contribution in [3.05, 3.63) is 47.3 Å². The third-order valence-corrected chi connectivity index (χ3v) is 7.55. The third kappa shape index (κ3) is 5.29. The number of hydrazine groups is 1. The van der Waals surface area contributed by atoms with E-state index in [4.69, 9.17) is 0 Å². The number of nitrogens with zero attached hydrogens (tertiary/aromatic N) is 3. The van der Waals surface area contributed by atoms with Gasteiger partial charge in [-0.2, -0.15) is 0 Å². The first kappa shape index (κ1) is 23.1. The van der Waals surface area contributed by atoms with Crippen LogP contribution in [0.25, 0.3) is 0 Å². The summed E-state index contributed by atoms with van der Waals surface area (Å²) in [5.74, 6) is 1.59. The number of rotatable bonds is 4. The van der Waals surface area contributed by atoms with Crippen molar-refractivity contribution in [1.82, 2.24) is 25.6 Å². The van der Waals surface area contributed by atoms with E-state index in [2.05, 4.69) is 62.8 Å². The molecule has 0 radical (unpaired) electrons. The van der Waals surface area contributed by atoms with E-state index < -0.39 is 0 Å². The topological polar surface area (TPSA) is 50.9 Å². The lowest BCUT2D eigenvalue weighted by Gasteiger charge is -2.41. The van der Waals surface area contributed by atoms with Gasteiger partial charge in [0.05, 0.1) is 11.6 Å². The van der Waals surface area contributed by atoms with Crippen LogP contribution in [0.5, 0.6) is 0 Å². The van der Waals surface area contributed by atoms with E-state index in [1.165, 1.54) is 37.7 Å². The molecule has 3 fully saturated rings. The summed E-state index contributed by atoms with van der Waals surface area (Å²) in [6.45, 7) is 8.82. The van der Waals surface area contributed by atoms with Crippen LogP contribution in [0, 0.1) is 5.92 Å². The first-order chi connectivity index (χ1) is 15.6. The molecule has 1 aromatic carbocycles. The van der Waals surface area contributed by atoms with E-state index in [0.717, 1.165) is 56.6 Å². The Morgan fingerprint density at radius 3 is 2.38 bits per heavy atom. The van der Waals surface area contributed by atoms with Crippen LogP contribution in [0.15, 0.2) is 41.7 Å². The highest BCUT2D eigenvalue weighted by atomic mass is 16.2. The number of hydrogen-bond donors (Lipinski definition) is 2. The fraction of sp³-hybridized carbons (Fsp3) is 0.654. The summed E-state index contributed by atoms with van der Waals surface area (Å²) in [7, 11) is 1.94. The molecule has 32 heavy (non-hydrogen) atoms. The smallest absolute Gasteiger partial charge is 0.253 e. The standard InChI is InChI=1S/C26H41N5O/c1-20-18-24(22-10-6-4-7-11-22)28-25(31(19-20)27-3)21(2)26(32)30-16-14-29(15-17-30)23-12-8-5-9-13-23/h4,6-7,10-11,20,23-24,27-28H,5,8-9,12-19H2,1-3H3/b25-21+. The lowest BCUT2D eigenvalue weighted by atomic mass is 9.94. The molecule has 2 heterocycles. The molecular weight excluding hydrogens is 398 g/mol. The Kier molecular flexibility index (Phi) is 7.74. The average molecular weight is 440 g/mol. The summed E-state index contributed by atoms with van der Waals surface area (Å²) in [5, 5.41) is 5.85. The number of benzene rings is 1. The molecule has 6 nitrogen and oxygen atoms in total. The van der Waals surface area contributed by atoms with Gasteiger partial charge in [0, 0.05) is 45.8 Å². The largest absolute Gasteiger partial charge is 0.363 e. The Morgan fingerprint density at radius 1 is 1.03 bits per heavy atom. The maximum Gasteiger partial charge on any atom is 0.253 e. The van der Waals surface area contributed by atoms with Crippen molar-refractivity contribution in [3.8, 4) is 0 Å². The minimum Gasteiger partial charge on any atom is -0.363 e. The van der Waals surface area contributed by atoms with Crippen LogP contribution in [0.1, 0.15) is 64.0 Å². The van der Waals surface area contributed by atoms with Crippen LogP contribution in [0.4, 0.5) is 0 Å². The summed E-state index contributed by atoms with van der Waals surface area (Å²) >= 11 is 0. The van der Waals surface area contributed by atoms with Crippen molar-refractivity contribution in [1.29, 1.82) is 0 Å². The van der Waals surface area contributed by atoms with Gasteiger partial charge < -0.3 is 10.2 Å². The minimum absolute atomic E-state index is 0.164. The van der Waals surface area contributed by atoms with Crippen LogP contribution < -0.4 is 10.7 Å². The second-order valence-corrected chi connectivity index (χ2v) is 9.88. The summed E-state index contributed by atoms with van der Waals surface area (Å²) in [6.07, 6.45) is 7.81. The molecule has 6 heteroatoms. The third-order valence-electron chi connectivity index (χ3n) is 7.55. The predicted molar refractivity (Wildman–Crippen MR) is 130 cm³/mol. The van der Waals surface area contributed by atoms with Crippen LogP contribution in [0.3, 0.4) is 0 Å². The fourth-order valence-electron chi connectivity index (χ4n) is 5.68. The molecule has 1 aromatic rings. The molecule has 2 N–H and O–H groups in total. The van der Waals surface area contributed by atoms with Crippen molar-refractivity contribution in [3.63, 3.8) is 0 Å². The molecule has 1 saturated carbocycles. The normalized spacial score (nSPS) is 27.6. The molecule has 176 valence electrons. The van der Waals surface area contributed by atoms with Gasteiger partial charge in [-0.3, -0.25) is 14.7 Å². The quantitative estimate of drug-likeness (QED) is 0.704. The zero-order valence-corrected chi connectivity index (χ0v) is 20.1. The van der Waals surface area contributed by atoms with Gasteiger partial charge in [0.15, 0.2) is 0 Å². The number of piperazine rings is 1. The van der Waals surface area contributed by atoms with E-state index >= 15 is 0 Å². The highest BCUT2D eigenvalue weighted by Gasteiger charge is 2.31. The van der Waals surface area contributed by atoms with Gasteiger partial charge in [0.1, 0.15) is 5.82 Å². The van der Waals surface area contributed by atoms with Crippen LogP contribution >= 0.6 is 0 Å². The summed E-state index contributed by atoms with van der Waals surface area (Å²) in [6, 6.07) is 11.5. The molecule has 2 saturated heterocycles. The summed E-state index contributed by atoms with van der Waals surface area (Å²) < 4.78 is 0. The van der Waals surface area contributed by atoms with Crippen molar-refractivity contribution < 1.29 is 4.79 Å². The lowest BCUT2D eigenvalue weighted by molar-refractivity contribution is -0.129. The molecule has 2 atom stereocenters. The molecule has 0 aromatic heterocycles. The molecule has 2 aliphatic heterocycles. The summed E-state index contributed by atoms with van der Waals surface area (Å²) in [4.78, 5) is 18.2. The van der Waals surface area contributed by atoms with Gasteiger partial charge in [0.25, 0.3) is 5.91 Å². The van der Waals surface area contributed by atoms with Crippen molar-refractivity contribution in [2.45, 2.75) is 64.5 Å². The Labute approximate surface area is 194 Å². The Morgan fingerprint density at radius 2 is 1.72 bits per heavy atom. The molecule has 1 amide bonds. The van der Waals surface area contributed by atoms with E-state index in [0.29, 0.717) is 5.92 Å². The minimum atomic E-state index is 0.164. The zero-order valence-electron chi connectivity index (χ0n) is 20.1. The number of amides is 1. The van der Waals surface area contributed by atoms with Crippen molar-refractivity contribution >= 4 is 5.91 Å². The maximum atomic E-state index is 13.5. The summed E-state index contributed by atoms with van der Waals surface area (Å²) in [5.41, 5.74) is 5.40. The Hall–Kier alpha value is -2.05. The molecule has 0 bridgehead atoms. The fourth-order valence-corrected chi connectivity index (χ4v) is 5.68. The van der Waals surface area contributed by atoms with Gasteiger partial charge in [-0.15, -0.1) is 0 Å². The van der Waals surface area contributed by atoms with Gasteiger partial charge in [0.2, 0.25) is 0 Å². The Bertz CT molecular complexity index is 781. The van der Waals surface area contributed by atoms with Crippen LogP contribution in [-0.2, 0) is 4.79 Å². The molecule has 1 aliphatic carbocycles. The second-order valence-electron chi connectivity index (χ2n) is 9.88. The monoisotopic (exact) mass is 439 g/mol. The first-order valence-corrected chi connectivity index (χ1v) is 12.6. The number of nitrogens with one attached hydrogen (secondary N) is 2. The van der Waals surface area contributed by atoms with E-state index in [1.807, 2.05) is 14.0 Å². The Balaban J connectivity index is 1.48. The number of hydrogen-bond acceptors (Lipinski definition) is 5. The molecule has 0 spiro atoms. The highest BCUT2D eigenvalue weighted by molar-refractivity contribution is 5.93. The van der Waals surface area contributed by atoms with Gasteiger partial charge in [-0.1, -0.05) is 56.5 Å². The van der Waals surface area contributed by atoms with Crippen molar-refractivity contribution in [2.24, 2.45) is 5.92 Å². The van der Waals surface area contributed by atoms with E-state index in [9.17, 15) is 4.79 Å². The number of carbonyl (C=O) groups is 1. The van der Waals surface area contributed by atoms with Crippen molar-refractivity contribution in [2.75, 3.05) is 39.8 Å². The maximum absolute atomic E-state index is 13.5. The van der Waals surface area contributed by atoms with E-state index in [-0.39, 0.29) is 11.9 Å². The van der Waals surface area contributed by atoms with Crippen LogP contribution in [-0.4, -0.2) is 66.5 Å². The molecule has 4 rings (SSSR count).